The van der Waals surface area contributed by atoms with Crippen LogP contribution < -0.4 is 5.56 Å². The summed E-state index contributed by atoms with van der Waals surface area (Å²) >= 11 is 2.49. The first kappa shape index (κ1) is 22.5. The van der Waals surface area contributed by atoms with Crippen molar-refractivity contribution in [3.63, 3.8) is 0 Å². The molecule has 0 aliphatic heterocycles. The van der Waals surface area contributed by atoms with E-state index in [1.165, 1.54) is 37.4 Å². The minimum atomic E-state index is -1.05. The van der Waals surface area contributed by atoms with E-state index in [0.29, 0.717) is 44.9 Å². The summed E-state index contributed by atoms with van der Waals surface area (Å²) in [6, 6.07) is 3.96. The number of thiophene rings is 1. The summed E-state index contributed by atoms with van der Waals surface area (Å²) in [5.41, 5.74) is 0.132. The Labute approximate surface area is 209 Å². The molecule has 4 heterocycles. The Morgan fingerprint density at radius 1 is 1.37 bits per heavy atom. The highest BCUT2D eigenvalue weighted by molar-refractivity contribution is 7.98. The SMILES string of the molecule is Cc1c(C(=O)O)sc2nc(CSc3nnc(-c4ccco4)n3[C@@H](C)[C@H]3C[C@@H]4CC[C@@H]3C4)[nH]c(=O)c12. The minimum absolute atomic E-state index is 0.144. The van der Waals surface area contributed by atoms with Gasteiger partial charge in [-0.05, 0) is 68.6 Å². The van der Waals surface area contributed by atoms with E-state index in [9.17, 15) is 14.7 Å². The number of aromatic nitrogens is 5. The highest BCUT2D eigenvalue weighted by Gasteiger charge is 2.43. The third-order valence-electron chi connectivity index (χ3n) is 7.61. The lowest BCUT2D eigenvalue weighted by Gasteiger charge is -2.30. The van der Waals surface area contributed by atoms with Crippen molar-refractivity contribution in [3.8, 4) is 11.6 Å². The maximum atomic E-state index is 12.7. The largest absolute Gasteiger partial charge is 0.477 e. The number of carboxylic acids is 1. The van der Waals surface area contributed by atoms with Gasteiger partial charge in [-0.2, -0.15) is 0 Å². The number of hydrogen-bond acceptors (Lipinski definition) is 8. The molecule has 35 heavy (non-hydrogen) atoms. The number of hydrogen-bond donors (Lipinski definition) is 2. The van der Waals surface area contributed by atoms with Gasteiger partial charge in [-0.1, -0.05) is 18.2 Å². The van der Waals surface area contributed by atoms with Gasteiger partial charge in [-0.3, -0.25) is 9.36 Å². The summed E-state index contributed by atoms with van der Waals surface area (Å²) in [4.78, 5) is 32.2. The van der Waals surface area contributed by atoms with Crippen LogP contribution in [0.5, 0.6) is 0 Å². The molecule has 2 aliphatic carbocycles. The van der Waals surface area contributed by atoms with Crippen molar-refractivity contribution in [2.24, 2.45) is 17.8 Å². The second-order valence-corrected chi connectivity index (χ2v) is 11.5. The van der Waals surface area contributed by atoms with Crippen molar-refractivity contribution < 1.29 is 14.3 Å². The maximum absolute atomic E-state index is 12.7. The molecule has 0 spiro atoms. The molecular formula is C24H25N5O4S2. The van der Waals surface area contributed by atoms with Gasteiger partial charge in [0.2, 0.25) is 5.82 Å². The monoisotopic (exact) mass is 511 g/mol. The van der Waals surface area contributed by atoms with E-state index in [1.54, 1.807) is 13.2 Å². The molecule has 9 nitrogen and oxygen atoms in total. The molecule has 2 N–H and O–H groups in total. The van der Waals surface area contributed by atoms with Gasteiger partial charge < -0.3 is 14.5 Å². The molecule has 2 fully saturated rings. The number of carbonyl (C=O) groups is 1. The number of aromatic amines is 1. The standard InChI is InChI=1S/C24H25N5O4S2/c1-11-18-21(30)25-17(26-22(18)35-19(11)23(31)32)10-34-24-28-27-20(16-4-3-7-33-16)29(24)12(2)15-9-13-5-6-14(15)8-13/h3-4,7,12-15H,5-6,8-10H2,1-2H3,(H,31,32)(H,25,26,30)/t12-,13+,14+,15+/m0/s1. The van der Waals surface area contributed by atoms with Crippen molar-refractivity contribution in [2.45, 2.75) is 56.5 Å². The molecule has 4 atom stereocenters. The number of nitrogens with zero attached hydrogens (tertiary/aromatic N) is 4. The van der Waals surface area contributed by atoms with Crippen molar-refractivity contribution in [1.82, 2.24) is 24.7 Å². The number of H-pyrrole nitrogens is 1. The Bertz CT molecular complexity index is 1470. The van der Waals surface area contributed by atoms with Gasteiger partial charge in [0.25, 0.3) is 5.56 Å². The predicted octanol–water partition coefficient (Wildman–Crippen LogP) is 5.13. The second kappa shape index (κ2) is 8.63. The van der Waals surface area contributed by atoms with Crippen molar-refractivity contribution in [3.05, 3.63) is 45.0 Å². The number of aryl methyl sites for hydroxylation is 1. The zero-order valence-electron chi connectivity index (χ0n) is 19.4. The van der Waals surface area contributed by atoms with Crippen LogP contribution >= 0.6 is 23.1 Å². The first-order chi connectivity index (χ1) is 16.9. The quantitative estimate of drug-likeness (QED) is 0.327. The minimum Gasteiger partial charge on any atom is -0.477 e. The molecule has 4 aromatic heterocycles. The fourth-order valence-corrected chi connectivity index (χ4v) is 7.92. The van der Waals surface area contributed by atoms with Crippen LogP contribution in [0.4, 0.5) is 0 Å². The van der Waals surface area contributed by atoms with Gasteiger partial charge in [0.05, 0.1) is 17.4 Å². The Balaban J connectivity index is 1.32. The highest BCUT2D eigenvalue weighted by Crippen LogP contribution is 2.53. The zero-order valence-corrected chi connectivity index (χ0v) is 21.0. The highest BCUT2D eigenvalue weighted by atomic mass is 32.2. The second-order valence-electron chi connectivity index (χ2n) is 9.58. The summed E-state index contributed by atoms with van der Waals surface area (Å²) in [6.07, 6.45) is 6.84. The van der Waals surface area contributed by atoms with Gasteiger partial charge in [-0.25, -0.2) is 9.78 Å². The number of fused-ring (bicyclic) bond motifs is 3. The Morgan fingerprint density at radius 3 is 2.91 bits per heavy atom. The van der Waals surface area contributed by atoms with Crippen LogP contribution in [0.3, 0.4) is 0 Å². The van der Waals surface area contributed by atoms with E-state index < -0.39 is 5.97 Å². The summed E-state index contributed by atoms with van der Waals surface area (Å²) in [7, 11) is 0. The summed E-state index contributed by atoms with van der Waals surface area (Å²) in [5.74, 6) is 3.36. The molecule has 4 aromatic rings. The number of carboxylic acid groups (broad SMARTS) is 1. The number of nitrogens with one attached hydrogen (secondary N) is 1. The van der Waals surface area contributed by atoms with Gasteiger partial charge in [0.15, 0.2) is 10.9 Å². The molecule has 0 unspecified atom stereocenters. The Morgan fingerprint density at radius 2 is 2.23 bits per heavy atom. The number of rotatable bonds is 7. The average Bonchev–Trinajstić information content (AvgIpc) is 3.65. The summed E-state index contributed by atoms with van der Waals surface area (Å²) in [5, 5.41) is 19.5. The van der Waals surface area contributed by atoms with Crippen LogP contribution in [0.1, 0.15) is 59.7 Å². The predicted molar refractivity (Wildman–Crippen MR) is 133 cm³/mol. The van der Waals surface area contributed by atoms with Crippen LogP contribution in [0, 0.1) is 24.7 Å². The van der Waals surface area contributed by atoms with E-state index in [-0.39, 0.29) is 16.5 Å². The van der Waals surface area contributed by atoms with Crippen molar-refractivity contribution >= 4 is 39.3 Å². The molecule has 182 valence electrons. The van der Waals surface area contributed by atoms with Crippen LogP contribution in [0.15, 0.2) is 32.8 Å². The van der Waals surface area contributed by atoms with E-state index in [4.69, 9.17) is 4.42 Å². The fourth-order valence-electron chi connectivity index (χ4n) is 5.99. The van der Waals surface area contributed by atoms with Crippen LogP contribution in [-0.4, -0.2) is 35.8 Å². The molecule has 0 saturated heterocycles. The van der Waals surface area contributed by atoms with Crippen LogP contribution in [-0.2, 0) is 5.75 Å². The smallest absolute Gasteiger partial charge is 0.346 e. The number of aromatic carboxylic acids is 1. The van der Waals surface area contributed by atoms with Crippen molar-refractivity contribution in [2.75, 3.05) is 0 Å². The first-order valence-corrected chi connectivity index (χ1v) is 13.6. The van der Waals surface area contributed by atoms with E-state index in [2.05, 4.69) is 31.7 Å². The lowest BCUT2D eigenvalue weighted by molar-refractivity contribution is 0.0701. The third-order valence-corrected chi connectivity index (χ3v) is 9.74. The first-order valence-electron chi connectivity index (χ1n) is 11.8. The molecule has 2 bridgehead atoms. The average molecular weight is 512 g/mol. The molecule has 11 heteroatoms. The Hall–Kier alpha value is -2.92. The third kappa shape index (κ3) is 3.81. The lowest BCUT2D eigenvalue weighted by atomic mass is 9.84. The molecule has 2 aliphatic rings. The van der Waals surface area contributed by atoms with E-state index in [0.717, 1.165) is 28.3 Å². The molecule has 6 rings (SSSR count). The normalized spacial score (nSPS) is 22.3. The summed E-state index contributed by atoms with van der Waals surface area (Å²) < 4.78 is 7.85. The molecule has 0 amide bonds. The fraction of sp³-hybridized carbons (Fsp3) is 0.458. The van der Waals surface area contributed by atoms with Gasteiger partial charge in [-0.15, -0.1) is 21.5 Å². The zero-order chi connectivity index (χ0) is 24.3. The number of furan rings is 1. The maximum Gasteiger partial charge on any atom is 0.346 e. The van der Waals surface area contributed by atoms with Gasteiger partial charge in [0.1, 0.15) is 15.5 Å². The Kier molecular flexibility index (Phi) is 5.56. The molecular weight excluding hydrogens is 486 g/mol. The van der Waals surface area contributed by atoms with Crippen LogP contribution in [0.2, 0.25) is 0 Å². The molecule has 0 aromatic carbocycles. The van der Waals surface area contributed by atoms with E-state index in [1.807, 2.05) is 12.1 Å². The topological polar surface area (TPSA) is 127 Å². The van der Waals surface area contributed by atoms with Gasteiger partial charge >= 0.3 is 5.97 Å². The lowest BCUT2D eigenvalue weighted by Crippen LogP contribution is -2.23. The van der Waals surface area contributed by atoms with Gasteiger partial charge in [0, 0.05) is 6.04 Å². The molecule has 2 saturated carbocycles. The summed E-state index contributed by atoms with van der Waals surface area (Å²) in [6.45, 7) is 3.89. The molecule has 0 radical (unpaired) electrons. The van der Waals surface area contributed by atoms with Crippen molar-refractivity contribution in [1.29, 1.82) is 0 Å². The van der Waals surface area contributed by atoms with Crippen LogP contribution in [0.25, 0.3) is 21.8 Å². The number of thioether (sulfide) groups is 1. The van der Waals surface area contributed by atoms with E-state index >= 15 is 0 Å².